The summed E-state index contributed by atoms with van der Waals surface area (Å²) >= 11 is 5.64. The third-order valence-electron chi connectivity index (χ3n) is 2.61. The van der Waals surface area contributed by atoms with Gasteiger partial charge in [0.1, 0.15) is 17.7 Å². The van der Waals surface area contributed by atoms with E-state index >= 15 is 0 Å². The second-order valence-corrected chi connectivity index (χ2v) is 4.23. The van der Waals surface area contributed by atoms with Gasteiger partial charge in [-0.25, -0.2) is 17.6 Å². The minimum Gasteiger partial charge on any atom is -0.383 e. The van der Waals surface area contributed by atoms with E-state index in [1.165, 1.54) is 0 Å². The molecule has 0 aliphatic heterocycles. The van der Waals surface area contributed by atoms with Gasteiger partial charge in [0.15, 0.2) is 11.6 Å². The molecule has 0 bridgehead atoms. The molecule has 0 saturated heterocycles. The summed E-state index contributed by atoms with van der Waals surface area (Å²) in [5.41, 5.74) is -0.986. The van der Waals surface area contributed by atoms with Gasteiger partial charge < -0.3 is 5.11 Å². The van der Waals surface area contributed by atoms with Gasteiger partial charge in [-0.05, 0) is 24.3 Å². The van der Waals surface area contributed by atoms with Gasteiger partial charge in [-0.3, -0.25) is 0 Å². The monoisotopic (exact) mass is 290 g/mol. The number of hydrogen-bond donors (Lipinski definition) is 1. The zero-order chi connectivity index (χ0) is 14.2. The molecule has 1 N–H and O–H groups in total. The largest absolute Gasteiger partial charge is 0.383 e. The van der Waals surface area contributed by atoms with Crippen LogP contribution in [0.15, 0.2) is 30.3 Å². The van der Waals surface area contributed by atoms with Gasteiger partial charge in [0, 0.05) is 10.6 Å². The van der Waals surface area contributed by atoms with Gasteiger partial charge in [-0.1, -0.05) is 17.7 Å². The van der Waals surface area contributed by atoms with Gasteiger partial charge in [-0.2, -0.15) is 0 Å². The van der Waals surface area contributed by atoms with E-state index in [4.69, 9.17) is 11.6 Å². The summed E-state index contributed by atoms with van der Waals surface area (Å²) in [6.07, 6.45) is -1.83. The molecule has 0 spiro atoms. The molecule has 0 heterocycles. The first-order chi connectivity index (χ1) is 8.91. The van der Waals surface area contributed by atoms with Crippen LogP contribution in [0.4, 0.5) is 17.6 Å². The van der Waals surface area contributed by atoms with Crippen molar-refractivity contribution in [2.24, 2.45) is 0 Å². The Balaban J connectivity index is 2.56. The maximum absolute atomic E-state index is 13.5. The molecule has 6 heteroatoms. The first kappa shape index (κ1) is 13.8. The van der Waals surface area contributed by atoms with Crippen LogP contribution in [0.2, 0.25) is 5.02 Å². The second kappa shape index (κ2) is 5.19. The van der Waals surface area contributed by atoms with Crippen LogP contribution in [0.25, 0.3) is 0 Å². The Labute approximate surface area is 111 Å². The molecule has 0 aliphatic rings. The summed E-state index contributed by atoms with van der Waals surface area (Å²) in [5.74, 6) is -4.49. The number of aliphatic hydroxyl groups is 1. The normalized spacial score (nSPS) is 12.5. The lowest BCUT2D eigenvalue weighted by molar-refractivity contribution is 0.208. The Hall–Kier alpha value is -1.59. The summed E-state index contributed by atoms with van der Waals surface area (Å²) in [5, 5.41) is 9.57. The van der Waals surface area contributed by atoms with E-state index < -0.39 is 34.9 Å². The number of benzene rings is 2. The molecule has 2 rings (SSSR count). The highest BCUT2D eigenvalue weighted by atomic mass is 35.5. The number of aliphatic hydroxyl groups excluding tert-OH is 1. The average molecular weight is 291 g/mol. The fourth-order valence-corrected chi connectivity index (χ4v) is 1.93. The minimum atomic E-state index is -1.83. The van der Waals surface area contributed by atoms with Crippen molar-refractivity contribution in [3.63, 3.8) is 0 Å². The predicted octanol–water partition coefficient (Wildman–Crippen LogP) is 3.98. The van der Waals surface area contributed by atoms with Gasteiger partial charge >= 0.3 is 0 Å². The smallest absolute Gasteiger partial charge is 0.160 e. The summed E-state index contributed by atoms with van der Waals surface area (Å²) in [6, 6.07) is 4.24. The SMILES string of the molecule is OC(c1cc(F)c(F)cc1Cl)c1c(F)cccc1F. The Bertz CT molecular complexity index is 610. The molecule has 1 unspecified atom stereocenters. The van der Waals surface area contributed by atoms with Gasteiger partial charge in [-0.15, -0.1) is 0 Å². The highest BCUT2D eigenvalue weighted by Gasteiger charge is 2.23. The summed E-state index contributed by atoms with van der Waals surface area (Å²) in [7, 11) is 0. The van der Waals surface area contributed by atoms with E-state index in [0.29, 0.717) is 12.1 Å². The zero-order valence-corrected chi connectivity index (χ0v) is 10.1. The van der Waals surface area contributed by atoms with Crippen LogP contribution in [0.3, 0.4) is 0 Å². The fraction of sp³-hybridized carbons (Fsp3) is 0.0769. The zero-order valence-electron chi connectivity index (χ0n) is 9.30. The van der Waals surface area contributed by atoms with Gasteiger partial charge in [0.2, 0.25) is 0 Å². The van der Waals surface area contributed by atoms with E-state index in [1.807, 2.05) is 0 Å². The Morgan fingerprint density at radius 2 is 1.42 bits per heavy atom. The summed E-state index contributed by atoms with van der Waals surface area (Å²) < 4.78 is 53.0. The van der Waals surface area contributed by atoms with E-state index in [9.17, 15) is 22.7 Å². The fourth-order valence-electron chi connectivity index (χ4n) is 1.67. The van der Waals surface area contributed by atoms with Crippen LogP contribution in [-0.2, 0) is 0 Å². The molecule has 2 aromatic carbocycles. The van der Waals surface area contributed by atoms with Crippen molar-refractivity contribution in [1.82, 2.24) is 0 Å². The number of rotatable bonds is 2. The molecule has 0 aromatic heterocycles. The number of halogens is 5. The average Bonchev–Trinajstić information content (AvgIpc) is 2.33. The molecule has 1 nitrogen and oxygen atoms in total. The molecule has 2 aromatic rings. The van der Waals surface area contributed by atoms with Crippen LogP contribution in [0, 0.1) is 23.3 Å². The van der Waals surface area contributed by atoms with Crippen molar-refractivity contribution in [2.75, 3.05) is 0 Å². The molecule has 0 amide bonds. The third-order valence-corrected chi connectivity index (χ3v) is 2.93. The summed E-state index contributed by atoms with van der Waals surface area (Å²) in [6.45, 7) is 0. The molecule has 0 radical (unpaired) electrons. The maximum Gasteiger partial charge on any atom is 0.160 e. The lowest BCUT2D eigenvalue weighted by atomic mass is 10.00. The van der Waals surface area contributed by atoms with Gasteiger partial charge in [0.25, 0.3) is 0 Å². The van der Waals surface area contributed by atoms with E-state index in [2.05, 4.69) is 0 Å². The molecule has 1 atom stereocenters. The predicted molar refractivity (Wildman–Crippen MR) is 61.8 cm³/mol. The van der Waals surface area contributed by atoms with E-state index in [0.717, 1.165) is 18.2 Å². The van der Waals surface area contributed by atoms with Crippen LogP contribution >= 0.6 is 11.6 Å². The molecule has 0 saturated carbocycles. The van der Waals surface area contributed by atoms with Crippen molar-refractivity contribution in [1.29, 1.82) is 0 Å². The highest BCUT2D eigenvalue weighted by molar-refractivity contribution is 6.31. The van der Waals surface area contributed by atoms with Crippen molar-refractivity contribution in [2.45, 2.75) is 6.10 Å². The van der Waals surface area contributed by atoms with Crippen LogP contribution in [0.5, 0.6) is 0 Å². The standard InChI is InChI=1S/C13H7ClF4O/c14-7-5-11(18)10(17)4-6(7)13(19)12-8(15)2-1-3-9(12)16/h1-5,13,19H. The van der Waals surface area contributed by atoms with Crippen molar-refractivity contribution in [3.05, 3.63) is 69.8 Å². The molecular formula is C13H7ClF4O. The van der Waals surface area contributed by atoms with Crippen LogP contribution < -0.4 is 0 Å². The topological polar surface area (TPSA) is 20.2 Å². The Kier molecular flexibility index (Phi) is 3.78. The molecule has 100 valence electrons. The highest BCUT2D eigenvalue weighted by Crippen LogP contribution is 2.32. The van der Waals surface area contributed by atoms with Crippen LogP contribution in [-0.4, -0.2) is 5.11 Å². The molecule has 19 heavy (non-hydrogen) atoms. The first-order valence-corrected chi connectivity index (χ1v) is 5.56. The molecular weight excluding hydrogens is 284 g/mol. The first-order valence-electron chi connectivity index (χ1n) is 5.18. The maximum atomic E-state index is 13.5. The van der Waals surface area contributed by atoms with E-state index in [1.54, 1.807) is 0 Å². The van der Waals surface area contributed by atoms with Gasteiger partial charge in [0.05, 0.1) is 5.56 Å². The lowest BCUT2D eigenvalue weighted by Gasteiger charge is -2.15. The minimum absolute atomic E-state index is 0.315. The van der Waals surface area contributed by atoms with E-state index in [-0.39, 0.29) is 10.6 Å². The Morgan fingerprint density at radius 3 is 2.00 bits per heavy atom. The third kappa shape index (κ3) is 2.57. The van der Waals surface area contributed by atoms with Crippen molar-refractivity contribution < 1.29 is 22.7 Å². The molecule has 0 aliphatic carbocycles. The quantitative estimate of drug-likeness (QED) is 0.655. The molecule has 0 fully saturated rings. The van der Waals surface area contributed by atoms with Crippen molar-refractivity contribution >= 4 is 11.6 Å². The number of hydrogen-bond acceptors (Lipinski definition) is 1. The Morgan fingerprint density at radius 1 is 0.895 bits per heavy atom. The second-order valence-electron chi connectivity index (χ2n) is 3.83. The van der Waals surface area contributed by atoms with Crippen LogP contribution in [0.1, 0.15) is 17.2 Å². The lowest BCUT2D eigenvalue weighted by Crippen LogP contribution is -2.07. The summed E-state index contributed by atoms with van der Waals surface area (Å²) in [4.78, 5) is 0. The van der Waals surface area contributed by atoms with Crippen molar-refractivity contribution in [3.8, 4) is 0 Å².